The van der Waals surface area contributed by atoms with Crippen LogP contribution < -0.4 is 14.8 Å². The number of benzene rings is 3. The standard InChI is InChI=1S/C25H18ClFN4O2/c1-32-18-9-4-14(5-10-18)23-21-22(30-25-28-13-29-31(23)25)19-12-16(26)6-11-20(19)33-24(21)15-2-7-17(27)8-3-15/h2-13,23-24H,1H3,(H,28,29,30)/t23-,24-/m0/s1. The molecular formula is C25H18ClFN4O2. The van der Waals surface area contributed by atoms with E-state index in [0.717, 1.165) is 33.7 Å². The fraction of sp³-hybridized carbons (Fsp3) is 0.120. The highest BCUT2D eigenvalue weighted by atomic mass is 35.5. The molecule has 0 radical (unpaired) electrons. The Kier molecular flexibility index (Phi) is 4.58. The van der Waals surface area contributed by atoms with Crippen LogP contribution >= 0.6 is 11.6 Å². The number of halogens is 2. The lowest BCUT2D eigenvalue weighted by molar-refractivity contribution is 0.223. The van der Waals surface area contributed by atoms with E-state index in [1.807, 2.05) is 41.1 Å². The molecule has 0 bridgehead atoms. The van der Waals surface area contributed by atoms with Crippen LogP contribution in [0.3, 0.4) is 0 Å². The predicted octanol–water partition coefficient (Wildman–Crippen LogP) is 5.64. The zero-order valence-electron chi connectivity index (χ0n) is 17.5. The van der Waals surface area contributed by atoms with Crippen LogP contribution in [0.5, 0.6) is 11.5 Å². The van der Waals surface area contributed by atoms with Crippen molar-refractivity contribution in [3.05, 3.63) is 106 Å². The van der Waals surface area contributed by atoms with Crippen LogP contribution in [-0.4, -0.2) is 21.9 Å². The molecule has 2 aliphatic rings. The summed E-state index contributed by atoms with van der Waals surface area (Å²) in [6.45, 7) is 0. The maximum Gasteiger partial charge on any atom is 0.226 e. The first-order valence-corrected chi connectivity index (χ1v) is 10.8. The highest BCUT2D eigenvalue weighted by Gasteiger charge is 2.41. The molecule has 3 aromatic carbocycles. The Balaban J connectivity index is 1.61. The molecule has 2 aliphatic heterocycles. The lowest BCUT2D eigenvalue weighted by atomic mass is 9.84. The van der Waals surface area contributed by atoms with Crippen LogP contribution in [0.2, 0.25) is 5.02 Å². The number of rotatable bonds is 3. The number of hydrogen-bond acceptors (Lipinski definition) is 5. The van der Waals surface area contributed by atoms with Gasteiger partial charge in [-0.1, -0.05) is 35.9 Å². The minimum atomic E-state index is -0.480. The highest BCUT2D eigenvalue weighted by Crippen LogP contribution is 2.51. The largest absolute Gasteiger partial charge is 0.497 e. The van der Waals surface area contributed by atoms with Crippen LogP contribution in [-0.2, 0) is 0 Å². The van der Waals surface area contributed by atoms with Crippen LogP contribution in [0.1, 0.15) is 28.8 Å². The summed E-state index contributed by atoms with van der Waals surface area (Å²) in [5.41, 5.74) is 4.43. The highest BCUT2D eigenvalue weighted by molar-refractivity contribution is 6.30. The molecule has 8 heteroatoms. The average Bonchev–Trinajstić information content (AvgIpc) is 3.31. The molecule has 6 nitrogen and oxygen atoms in total. The van der Waals surface area contributed by atoms with E-state index in [1.165, 1.54) is 18.5 Å². The van der Waals surface area contributed by atoms with Gasteiger partial charge in [0.1, 0.15) is 35.8 Å². The summed E-state index contributed by atoms with van der Waals surface area (Å²) in [7, 11) is 1.63. The van der Waals surface area contributed by atoms with Crippen molar-refractivity contribution in [2.75, 3.05) is 12.4 Å². The van der Waals surface area contributed by atoms with Crippen molar-refractivity contribution < 1.29 is 13.9 Å². The van der Waals surface area contributed by atoms with E-state index in [4.69, 9.17) is 21.1 Å². The van der Waals surface area contributed by atoms with Gasteiger partial charge >= 0.3 is 0 Å². The number of anilines is 1. The van der Waals surface area contributed by atoms with Crippen molar-refractivity contribution in [1.29, 1.82) is 0 Å². The van der Waals surface area contributed by atoms with E-state index in [1.54, 1.807) is 25.3 Å². The molecule has 3 heterocycles. The summed E-state index contributed by atoms with van der Waals surface area (Å²) < 4.78 is 27.4. The molecule has 0 spiro atoms. The van der Waals surface area contributed by atoms with Gasteiger partial charge in [0, 0.05) is 16.2 Å². The predicted molar refractivity (Wildman–Crippen MR) is 123 cm³/mol. The Hall–Kier alpha value is -3.84. The third-order valence-electron chi connectivity index (χ3n) is 5.98. The Bertz CT molecular complexity index is 1380. The van der Waals surface area contributed by atoms with Crippen LogP contribution in [0, 0.1) is 5.82 Å². The summed E-state index contributed by atoms with van der Waals surface area (Å²) in [4.78, 5) is 4.42. The van der Waals surface area contributed by atoms with E-state index in [0.29, 0.717) is 16.7 Å². The molecular weight excluding hydrogens is 443 g/mol. The molecule has 0 fully saturated rings. The van der Waals surface area contributed by atoms with Gasteiger partial charge in [0.05, 0.1) is 12.8 Å². The van der Waals surface area contributed by atoms with E-state index in [2.05, 4.69) is 15.4 Å². The van der Waals surface area contributed by atoms with Gasteiger partial charge in [-0.25, -0.2) is 9.07 Å². The summed E-state index contributed by atoms with van der Waals surface area (Å²) in [6, 6.07) is 19.4. The van der Waals surface area contributed by atoms with Crippen molar-refractivity contribution in [2.45, 2.75) is 12.1 Å². The Morgan fingerprint density at radius 3 is 2.55 bits per heavy atom. The lowest BCUT2D eigenvalue weighted by Gasteiger charge is -2.39. The maximum atomic E-state index is 13.7. The van der Waals surface area contributed by atoms with E-state index in [-0.39, 0.29) is 11.9 Å². The molecule has 6 rings (SSSR count). The van der Waals surface area contributed by atoms with Crippen molar-refractivity contribution >= 4 is 23.2 Å². The Labute approximate surface area is 194 Å². The second kappa shape index (κ2) is 7.64. The van der Waals surface area contributed by atoms with Crippen LogP contribution in [0.4, 0.5) is 10.3 Å². The summed E-state index contributed by atoms with van der Waals surface area (Å²) in [5, 5.41) is 8.52. The van der Waals surface area contributed by atoms with Gasteiger partial charge < -0.3 is 14.8 Å². The molecule has 33 heavy (non-hydrogen) atoms. The van der Waals surface area contributed by atoms with Gasteiger partial charge in [-0.05, 0) is 53.6 Å². The number of hydrogen-bond donors (Lipinski definition) is 1. The van der Waals surface area contributed by atoms with Crippen LogP contribution in [0.15, 0.2) is 78.6 Å². The SMILES string of the molecule is COc1ccc([C@H]2C3=C(Nc4ncnn42)c2cc(Cl)ccc2O[C@H]3c2ccc(F)cc2)cc1. The minimum Gasteiger partial charge on any atom is -0.497 e. The molecule has 0 aliphatic carbocycles. The summed E-state index contributed by atoms with van der Waals surface area (Å²) in [5.74, 6) is 1.75. The van der Waals surface area contributed by atoms with Crippen molar-refractivity contribution in [3.63, 3.8) is 0 Å². The summed E-state index contributed by atoms with van der Waals surface area (Å²) in [6.07, 6.45) is 1.04. The lowest BCUT2D eigenvalue weighted by Crippen LogP contribution is -2.32. The van der Waals surface area contributed by atoms with Crippen molar-refractivity contribution in [3.8, 4) is 11.5 Å². The molecule has 4 aromatic rings. The Morgan fingerprint density at radius 1 is 1.03 bits per heavy atom. The van der Waals surface area contributed by atoms with Gasteiger partial charge in [0.2, 0.25) is 5.95 Å². The van der Waals surface area contributed by atoms with E-state index >= 15 is 0 Å². The van der Waals surface area contributed by atoms with Gasteiger partial charge in [-0.2, -0.15) is 10.1 Å². The topological polar surface area (TPSA) is 61.2 Å². The third kappa shape index (κ3) is 3.24. The third-order valence-corrected chi connectivity index (χ3v) is 6.22. The van der Waals surface area contributed by atoms with E-state index in [9.17, 15) is 4.39 Å². The molecule has 164 valence electrons. The monoisotopic (exact) mass is 460 g/mol. The summed E-state index contributed by atoms with van der Waals surface area (Å²) >= 11 is 6.35. The normalized spacial score (nSPS) is 18.5. The molecule has 0 saturated carbocycles. The van der Waals surface area contributed by atoms with Gasteiger partial charge in [0.25, 0.3) is 0 Å². The van der Waals surface area contributed by atoms with Gasteiger partial charge in [-0.3, -0.25) is 0 Å². The smallest absolute Gasteiger partial charge is 0.226 e. The number of nitrogens with zero attached hydrogens (tertiary/aromatic N) is 3. The first-order valence-electron chi connectivity index (χ1n) is 10.4. The first kappa shape index (κ1) is 19.8. The second-order valence-electron chi connectivity index (χ2n) is 7.85. The fourth-order valence-electron chi connectivity index (χ4n) is 4.46. The second-order valence-corrected chi connectivity index (χ2v) is 8.29. The van der Waals surface area contributed by atoms with E-state index < -0.39 is 6.10 Å². The number of methoxy groups -OCH3 is 1. The quantitative estimate of drug-likeness (QED) is 0.428. The van der Waals surface area contributed by atoms with Crippen molar-refractivity contribution in [2.24, 2.45) is 0 Å². The molecule has 2 atom stereocenters. The number of aromatic nitrogens is 3. The minimum absolute atomic E-state index is 0.303. The van der Waals surface area contributed by atoms with Crippen LogP contribution in [0.25, 0.3) is 5.70 Å². The average molecular weight is 461 g/mol. The molecule has 0 amide bonds. The molecule has 1 aromatic heterocycles. The zero-order valence-corrected chi connectivity index (χ0v) is 18.3. The number of ether oxygens (including phenoxy) is 2. The molecule has 1 N–H and O–H groups in total. The number of nitrogens with one attached hydrogen (secondary N) is 1. The van der Waals surface area contributed by atoms with Crippen molar-refractivity contribution in [1.82, 2.24) is 14.8 Å². The fourth-order valence-corrected chi connectivity index (χ4v) is 4.63. The van der Waals surface area contributed by atoms with Gasteiger partial charge in [0.15, 0.2) is 0 Å². The first-order chi connectivity index (χ1) is 16.1. The maximum absolute atomic E-state index is 13.7. The Morgan fingerprint density at radius 2 is 1.79 bits per heavy atom. The zero-order chi connectivity index (χ0) is 22.5. The van der Waals surface area contributed by atoms with Gasteiger partial charge in [-0.15, -0.1) is 0 Å². The number of fused-ring (bicyclic) bond motifs is 3. The molecule has 0 saturated heterocycles. The molecule has 0 unspecified atom stereocenters.